The predicted octanol–water partition coefficient (Wildman–Crippen LogP) is 2.04. The topological polar surface area (TPSA) is 68.9 Å². The Hall–Kier alpha value is -2.16. The molecule has 0 fully saturated rings. The smallest absolute Gasteiger partial charge is 0.405 e. The number of nitrogens with zero attached hydrogens (tertiary/aromatic N) is 2. The third-order valence-corrected chi connectivity index (χ3v) is 3.68. The number of nitrogens with one attached hydrogen (secondary N) is 1. The number of hydrogen-bond acceptors (Lipinski definition) is 4. The second-order valence-corrected chi connectivity index (χ2v) is 5.18. The number of rotatable bonds is 3. The Balaban J connectivity index is 2.21. The molecule has 2 heterocycles. The summed E-state index contributed by atoms with van der Waals surface area (Å²) in [6, 6.07) is 3.15. The van der Waals surface area contributed by atoms with Gasteiger partial charge in [-0.3, -0.25) is 4.79 Å². The Morgan fingerprint density at radius 2 is 2.24 bits per heavy atom. The molecule has 1 amide bonds. The summed E-state index contributed by atoms with van der Waals surface area (Å²) < 4.78 is 36.8. The lowest BCUT2D eigenvalue weighted by Crippen LogP contribution is -2.33. The van der Waals surface area contributed by atoms with E-state index >= 15 is 0 Å². The number of carbonyl (C=O) groups excluding carboxylic acids is 1. The summed E-state index contributed by atoms with van der Waals surface area (Å²) >= 11 is 0.937. The van der Waals surface area contributed by atoms with E-state index in [-0.39, 0.29) is 4.88 Å². The maximum Gasteiger partial charge on any atom is 0.405 e. The van der Waals surface area contributed by atoms with E-state index in [1.54, 1.807) is 11.4 Å². The van der Waals surface area contributed by atoms with Crippen LogP contribution >= 0.6 is 11.3 Å². The van der Waals surface area contributed by atoms with Crippen molar-refractivity contribution in [3.63, 3.8) is 0 Å². The summed E-state index contributed by atoms with van der Waals surface area (Å²) in [5, 5.41) is 13.4. The minimum Gasteiger partial charge on any atom is -0.619 e. The van der Waals surface area contributed by atoms with Crippen LogP contribution in [0.3, 0.4) is 0 Å². The minimum absolute atomic E-state index is 0.0931. The summed E-state index contributed by atoms with van der Waals surface area (Å²) in [6.45, 7) is 0.126. The van der Waals surface area contributed by atoms with Gasteiger partial charge in [0.15, 0.2) is 12.4 Å². The Morgan fingerprint density at radius 1 is 1.52 bits per heavy atom. The van der Waals surface area contributed by atoms with Crippen molar-refractivity contribution in [2.75, 3.05) is 6.54 Å². The number of pyridine rings is 1. The number of carbonyl (C=O) groups is 1. The van der Waals surface area contributed by atoms with Crippen LogP contribution in [-0.2, 0) is 0 Å². The highest BCUT2D eigenvalue weighted by atomic mass is 32.1. The van der Waals surface area contributed by atoms with E-state index in [1.807, 2.05) is 0 Å². The zero-order valence-electron chi connectivity index (χ0n) is 10.8. The molecule has 9 heteroatoms. The lowest BCUT2D eigenvalue weighted by molar-refractivity contribution is -0.604. The van der Waals surface area contributed by atoms with Crippen LogP contribution in [0.2, 0.25) is 0 Å². The highest BCUT2D eigenvalue weighted by Gasteiger charge is 2.28. The Morgan fingerprint density at radius 3 is 2.86 bits per heavy atom. The fourth-order valence-corrected chi connectivity index (χ4v) is 2.55. The van der Waals surface area contributed by atoms with Crippen molar-refractivity contribution in [2.45, 2.75) is 13.1 Å². The molecule has 0 aliphatic rings. The van der Waals surface area contributed by atoms with Crippen molar-refractivity contribution < 1.29 is 22.7 Å². The average molecular weight is 317 g/mol. The molecule has 0 aromatic carbocycles. The number of halogens is 3. The maximum absolute atomic E-state index is 12.1. The first-order valence-electron chi connectivity index (χ1n) is 5.78. The summed E-state index contributed by atoms with van der Waals surface area (Å²) in [4.78, 5) is 15.9. The van der Waals surface area contributed by atoms with E-state index < -0.39 is 18.6 Å². The lowest BCUT2D eigenvalue weighted by Gasteiger charge is -2.07. The van der Waals surface area contributed by atoms with Crippen LogP contribution in [0.25, 0.3) is 10.6 Å². The fourth-order valence-electron chi connectivity index (χ4n) is 1.57. The van der Waals surface area contributed by atoms with E-state index in [0.717, 1.165) is 11.3 Å². The summed E-state index contributed by atoms with van der Waals surface area (Å²) in [5.41, 5.74) is 0.812. The van der Waals surface area contributed by atoms with Gasteiger partial charge in [-0.2, -0.15) is 17.9 Å². The van der Waals surface area contributed by atoms with Crippen LogP contribution in [0, 0.1) is 12.1 Å². The third kappa shape index (κ3) is 3.91. The van der Waals surface area contributed by atoms with Gasteiger partial charge in [0.1, 0.15) is 16.4 Å². The number of aryl methyl sites for hydroxylation is 1. The summed E-state index contributed by atoms with van der Waals surface area (Å²) in [7, 11) is 0. The standard InChI is InChI=1S/C12H10F3N3O2S/c1-7-9(10(19)16-6-12(13,14)15)21-11(17-7)8-3-2-4-18(20)5-8/h2-5H,6H2,1H3,(H,16,19). The zero-order chi connectivity index (χ0) is 15.6. The van der Waals surface area contributed by atoms with Gasteiger partial charge in [0.2, 0.25) is 0 Å². The lowest BCUT2D eigenvalue weighted by atomic mass is 10.3. The molecular formula is C12H10F3N3O2S. The van der Waals surface area contributed by atoms with Gasteiger partial charge in [-0.25, -0.2) is 4.98 Å². The number of hydrogen-bond donors (Lipinski definition) is 1. The van der Waals surface area contributed by atoms with Gasteiger partial charge in [-0.05, 0) is 13.0 Å². The van der Waals surface area contributed by atoms with E-state index in [9.17, 15) is 23.2 Å². The molecule has 0 aliphatic carbocycles. The fraction of sp³-hybridized carbons (Fsp3) is 0.250. The first kappa shape index (κ1) is 15.2. The van der Waals surface area contributed by atoms with Crippen molar-refractivity contribution >= 4 is 17.2 Å². The van der Waals surface area contributed by atoms with Gasteiger partial charge >= 0.3 is 6.18 Å². The second kappa shape index (κ2) is 5.68. The van der Waals surface area contributed by atoms with Gasteiger partial charge < -0.3 is 10.5 Å². The van der Waals surface area contributed by atoms with Crippen molar-refractivity contribution in [3.05, 3.63) is 40.3 Å². The highest BCUT2D eigenvalue weighted by molar-refractivity contribution is 7.17. The second-order valence-electron chi connectivity index (χ2n) is 4.18. The molecule has 0 atom stereocenters. The molecule has 1 N–H and O–H groups in total. The Bertz CT molecular complexity index is 670. The highest BCUT2D eigenvalue weighted by Crippen LogP contribution is 2.27. The first-order valence-corrected chi connectivity index (χ1v) is 6.59. The van der Waals surface area contributed by atoms with Gasteiger partial charge in [0.25, 0.3) is 5.91 Å². The Labute approximate surface area is 121 Å². The van der Waals surface area contributed by atoms with Crippen LogP contribution < -0.4 is 10.0 Å². The molecule has 2 aromatic heterocycles. The molecule has 0 saturated heterocycles. The minimum atomic E-state index is -4.47. The van der Waals surface area contributed by atoms with Crippen molar-refractivity contribution in [2.24, 2.45) is 0 Å². The molecular weight excluding hydrogens is 307 g/mol. The quantitative estimate of drug-likeness (QED) is 0.696. The van der Waals surface area contributed by atoms with Crippen LogP contribution in [0.1, 0.15) is 15.4 Å². The van der Waals surface area contributed by atoms with E-state index in [1.165, 1.54) is 25.4 Å². The van der Waals surface area contributed by atoms with Gasteiger partial charge in [0, 0.05) is 6.07 Å². The van der Waals surface area contributed by atoms with Gasteiger partial charge in [-0.15, -0.1) is 11.3 Å². The Kier molecular flexibility index (Phi) is 4.12. The van der Waals surface area contributed by atoms with E-state index in [0.29, 0.717) is 21.0 Å². The predicted molar refractivity (Wildman–Crippen MR) is 69.6 cm³/mol. The van der Waals surface area contributed by atoms with Crippen LogP contribution in [0.15, 0.2) is 24.5 Å². The van der Waals surface area contributed by atoms with Crippen LogP contribution in [-0.4, -0.2) is 23.6 Å². The van der Waals surface area contributed by atoms with Crippen molar-refractivity contribution in [1.82, 2.24) is 10.3 Å². The third-order valence-electron chi connectivity index (χ3n) is 2.47. The van der Waals surface area contributed by atoms with Gasteiger partial charge in [-0.1, -0.05) is 0 Å². The molecule has 112 valence electrons. The van der Waals surface area contributed by atoms with Crippen molar-refractivity contribution in [1.29, 1.82) is 0 Å². The summed E-state index contributed by atoms with van der Waals surface area (Å²) in [5.74, 6) is -0.834. The van der Waals surface area contributed by atoms with E-state index in [2.05, 4.69) is 4.98 Å². The molecule has 0 saturated carbocycles. The summed E-state index contributed by atoms with van der Waals surface area (Å²) in [6.07, 6.45) is -1.90. The molecule has 2 aromatic rings. The average Bonchev–Trinajstić information content (AvgIpc) is 2.77. The monoisotopic (exact) mass is 317 g/mol. The maximum atomic E-state index is 12.1. The van der Waals surface area contributed by atoms with Crippen molar-refractivity contribution in [3.8, 4) is 10.6 Å². The number of amides is 1. The molecule has 21 heavy (non-hydrogen) atoms. The van der Waals surface area contributed by atoms with Crippen LogP contribution in [0.4, 0.5) is 13.2 Å². The number of thiazole rings is 1. The molecule has 0 unspecified atom stereocenters. The number of aromatic nitrogens is 2. The molecule has 0 spiro atoms. The molecule has 0 aliphatic heterocycles. The first-order chi connectivity index (χ1) is 9.76. The van der Waals surface area contributed by atoms with Gasteiger partial charge in [0.05, 0.1) is 11.3 Å². The van der Waals surface area contributed by atoms with Crippen LogP contribution in [0.5, 0.6) is 0 Å². The molecule has 2 rings (SSSR count). The SMILES string of the molecule is Cc1nc(-c2ccc[n+]([O-])c2)sc1C(=O)NCC(F)(F)F. The van der Waals surface area contributed by atoms with E-state index in [4.69, 9.17) is 0 Å². The largest absolute Gasteiger partial charge is 0.619 e. The molecule has 0 radical (unpaired) electrons. The zero-order valence-corrected chi connectivity index (χ0v) is 11.6. The molecule has 5 nitrogen and oxygen atoms in total. The number of alkyl halides is 3. The molecule has 0 bridgehead atoms. The normalized spacial score (nSPS) is 11.4.